The van der Waals surface area contributed by atoms with Gasteiger partial charge in [0.15, 0.2) is 0 Å². The van der Waals surface area contributed by atoms with E-state index in [1.807, 2.05) is 11.8 Å². The van der Waals surface area contributed by atoms with Crippen LogP contribution >= 0.6 is 11.8 Å². The quantitative estimate of drug-likeness (QED) is 0.673. The molecular formula is C10H23NS. The lowest BCUT2D eigenvalue weighted by molar-refractivity contribution is 0.336. The topological polar surface area (TPSA) is 26.0 Å². The van der Waals surface area contributed by atoms with Crippen LogP contribution in [-0.2, 0) is 0 Å². The molecule has 0 heterocycles. The van der Waals surface area contributed by atoms with Crippen molar-refractivity contribution in [1.82, 2.24) is 0 Å². The van der Waals surface area contributed by atoms with Crippen LogP contribution in [0, 0.1) is 5.41 Å². The molecular weight excluding hydrogens is 166 g/mol. The van der Waals surface area contributed by atoms with E-state index in [-0.39, 0.29) is 0 Å². The van der Waals surface area contributed by atoms with Crippen molar-refractivity contribution >= 4 is 11.8 Å². The average Bonchev–Trinajstić information content (AvgIpc) is 1.84. The van der Waals surface area contributed by atoms with E-state index in [1.165, 1.54) is 11.5 Å². The Morgan fingerprint density at radius 2 is 1.92 bits per heavy atom. The van der Waals surface area contributed by atoms with Gasteiger partial charge in [0.25, 0.3) is 0 Å². The smallest absolute Gasteiger partial charge is 0.00516 e. The van der Waals surface area contributed by atoms with Gasteiger partial charge >= 0.3 is 0 Å². The Balaban J connectivity index is 3.40. The Labute approximate surface area is 81.5 Å². The number of thioether (sulfide) groups is 1. The zero-order valence-electron chi connectivity index (χ0n) is 8.89. The van der Waals surface area contributed by atoms with Crippen LogP contribution in [0.2, 0.25) is 0 Å². The number of nitrogens with two attached hydrogens (primary N) is 1. The van der Waals surface area contributed by atoms with Gasteiger partial charge in [0.1, 0.15) is 0 Å². The molecule has 74 valence electrons. The van der Waals surface area contributed by atoms with Crippen molar-refractivity contribution in [2.75, 3.05) is 11.5 Å². The largest absolute Gasteiger partial charge is 0.328 e. The molecule has 2 heteroatoms. The lowest BCUT2D eigenvalue weighted by Crippen LogP contribution is -2.26. The lowest BCUT2D eigenvalue weighted by atomic mass is 9.88. The fourth-order valence-corrected chi connectivity index (χ4v) is 2.03. The van der Waals surface area contributed by atoms with E-state index in [2.05, 4.69) is 27.7 Å². The van der Waals surface area contributed by atoms with Gasteiger partial charge in [-0.1, -0.05) is 27.7 Å². The van der Waals surface area contributed by atoms with E-state index in [9.17, 15) is 0 Å². The first-order valence-electron chi connectivity index (χ1n) is 4.79. The summed E-state index contributed by atoms with van der Waals surface area (Å²) in [6.07, 6.45) is 2.30. The molecule has 0 aromatic rings. The minimum absolute atomic E-state index is 0.385. The molecule has 0 amide bonds. The zero-order chi connectivity index (χ0) is 9.61. The first kappa shape index (κ1) is 12.3. The Hall–Kier alpha value is 0.310. The van der Waals surface area contributed by atoms with Gasteiger partial charge in [-0.3, -0.25) is 0 Å². The standard InChI is InChI=1S/C10H23NS/c1-5-12-7-6-9(11)8-10(2,3)4/h9H,5-8,11H2,1-4H3/t9-/m1/s1. The fourth-order valence-electron chi connectivity index (χ4n) is 1.27. The van der Waals surface area contributed by atoms with E-state index < -0.39 is 0 Å². The molecule has 12 heavy (non-hydrogen) atoms. The van der Waals surface area contributed by atoms with Crippen molar-refractivity contribution in [2.24, 2.45) is 11.1 Å². The predicted molar refractivity (Wildman–Crippen MR) is 59.7 cm³/mol. The van der Waals surface area contributed by atoms with Crippen molar-refractivity contribution in [3.8, 4) is 0 Å². The first-order chi connectivity index (χ1) is 5.45. The van der Waals surface area contributed by atoms with Gasteiger partial charge in [0.05, 0.1) is 0 Å². The molecule has 0 aromatic heterocycles. The van der Waals surface area contributed by atoms with Crippen LogP contribution in [0.4, 0.5) is 0 Å². The molecule has 0 saturated carbocycles. The van der Waals surface area contributed by atoms with E-state index in [4.69, 9.17) is 5.73 Å². The van der Waals surface area contributed by atoms with E-state index >= 15 is 0 Å². The third-order valence-corrected chi connectivity index (χ3v) is 2.64. The third kappa shape index (κ3) is 8.41. The molecule has 2 N–H and O–H groups in total. The van der Waals surface area contributed by atoms with Crippen LogP contribution in [0.1, 0.15) is 40.5 Å². The summed E-state index contributed by atoms with van der Waals surface area (Å²) in [5.41, 5.74) is 6.37. The van der Waals surface area contributed by atoms with Gasteiger partial charge in [-0.05, 0) is 29.8 Å². The molecule has 1 nitrogen and oxygen atoms in total. The molecule has 0 spiro atoms. The van der Waals surface area contributed by atoms with Crippen LogP contribution in [-0.4, -0.2) is 17.5 Å². The normalized spacial score (nSPS) is 14.8. The maximum atomic E-state index is 5.99. The van der Waals surface area contributed by atoms with Gasteiger partial charge in [0, 0.05) is 6.04 Å². The SMILES string of the molecule is CCSCC[C@@H](N)CC(C)(C)C. The summed E-state index contributed by atoms with van der Waals surface area (Å²) in [5, 5.41) is 0. The molecule has 0 aromatic carbocycles. The predicted octanol–water partition coefficient (Wildman–Crippen LogP) is 2.89. The highest BCUT2D eigenvalue weighted by molar-refractivity contribution is 7.99. The van der Waals surface area contributed by atoms with Gasteiger partial charge < -0.3 is 5.73 Å². The highest BCUT2D eigenvalue weighted by Gasteiger charge is 2.14. The van der Waals surface area contributed by atoms with Crippen molar-refractivity contribution in [3.05, 3.63) is 0 Å². The number of rotatable bonds is 5. The van der Waals surface area contributed by atoms with Crippen molar-refractivity contribution in [1.29, 1.82) is 0 Å². The fraction of sp³-hybridized carbons (Fsp3) is 1.00. The summed E-state index contributed by atoms with van der Waals surface area (Å²) in [6, 6.07) is 0.393. The second kappa shape index (κ2) is 5.87. The summed E-state index contributed by atoms with van der Waals surface area (Å²) in [4.78, 5) is 0. The Morgan fingerprint density at radius 3 is 2.33 bits per heavy atom. The minimum Gasteiger partial charge on any atom is -0.328 e. The Morgan fingerprint density at radius 1 is 1.33 bits per heavy atom. The average molecular weight is 189 g/mol. The molecule has 0 unspecified atom stereocenters. The van der Waals surface area contributed by atoms with Crippen LogP contribution in [0.3, 0.4) is 0 Å². The van der Waals surface area contributed by atoms with Crippen LogP contribution in [0.15, 0.2) is 0 Å². The highest BCUT2D eigenvalue weighted by atomic mass is 32.2. The third-order valence-electron chi connectivity index (χ3n) is 1.71. The van der Waals surface area contributed by atoms with Gasteiger partial charge in [-0.2, -0.15) is 11.8 Å². The molecule has 0 saturated heterocycles. The maximum Gasteiger partial charge on any atom is 0.00516 e. The van der Waals surface area contributed by atoms with Gasteiger partial charge in [-0.15, -0.1) is 0 Å². The van der Waals surface area contributed by atoms with Crippen molar-refractivity contribution < 1.29 is 0 Å². The monoisotopic (exact) mass is 189 g/mol. The second-order valence-electron chi connectivity index (χ2n) is 4.51. The molecule has 0 aliphatic carbocycles. The molecule has 0 aliphatic heterocycles. The van der Waals surface area contributed by atoms with E-state index in [1.54, 1.807) is 0 Å². The van der Waals surface area contributed by atoms with Crippen LogP contribution in [0.5, 0.6) is 0 Å². The Bertz CT molecular complexity index is 107. The van der Waals surface area contributed by atoms with E-state index in [0.29, 0.717) is 11.5 Å². The summed E-state index contributed by atoms with van der Waals surface area (Å²) < 4.78 is 0. The van der Waals surface area contributed by atoms with Crippen molar-refractivity contribution in [2.45, 2.75) is 46.6 Å². The Kier molecular flexibility index (Phi) is 6.02. The molecule has 0 bridgehead atoms. The molecule has 0 rings (SSSR count). The molecule has 0 radical (unpaired) electrons. The first-order valence-corrected chi connectivity index (χ1v) is 5.94. The molecule has 1 atom stereocenters. The molecule has 0 aliphatic rings. The van der Waals surface area contributed by atoms with Crippen molar-refractivity contribution in [3.63, 3.8) is 0 Å². The summed E-state index contributed by atoms with van der Waals surface area (Å²) in [5.74, 6) is 2.43. The number of hydrogen-bond acceptors (Lipinski definition) is 2. The highest BCUT2D eigenvalue weighted by Crippen LogP contribution is 2.21. The molecule has 0 fully saturated rings. The lowest BCUT2D eigenvalue weighted by Gasteiger charge is -2.22. The number of hydrogen-bond donors (Lipinski definition) is 1. The van der Waals surface area contributed by atoms with Crippen LogP contribution < -0.4 is 5.73 Å². The summed E-state index contributed by atoms with van der Waals surface area (Å²) in [6.45, 7) is 8.94. The second-order valence-corrected chi connectivity index (χ2v) is 5.90. The summed E-state index contributed by atoms with van der Waals surface area (Å²) in [7, 11) is 0. The maximum absolute atomic E-state index is 5.99. The van der Waals surface area contributed by atoms with Crippen LogP contribution in [0.25, 0.3) is 0 Å². The zero-order valence-corrected chi connectivity index (χ0v) is 9.71. The van der Waals surface area contributed by atoms with E-state index in [0.717, 1.165) is 12.8 Å². The minimum atomic E-state index is 0.385. The van der Waals surface area contributed by atoms with Gasteiger partial charge in [0.2, 0.25) is 0 Å². The summed E-state index contributed by atoms with van der Waals surface area (Å²) >= 11 is 1.98. The van der Waals surface area contributed by atoms with Gasteiger partial charge in [-0.25, -0.2) is 0 Å².